The maximum atomic E-state index is 13.0. The van der Waals surface area contributed by atoms with E-state index in [9.17, 15) is 4.79 Å². The fourth-order valence-corrected chi connectivity index (χ4v) is 3.60. The van der Waals surface area contributed by atoms with Gasteiger partial charge in [0.2, 0.25) is 11.8 Å². The van der Waals surface area contributed by atoms with Gasteiger partial charge in [-0.25, -0.2) is 0 Å². The monoisotopic (exact) mass is 329 g/mol. The van der Waals surface area contributed by atoms with Gasteiger partial charge >= 0.3 is 0 Å². The molecule has 2 fully saturated rings. The van der Waals surface area contributed by atoms with E-state index in [0.29, 0.717) is 17.4 Å². The average Bonchev–Trinajstić information content (AvgIpc) is 3.12. The maximum absolute atomic E-state index is 13.0. The van der Waals surface area contributed by atoms with Crippen LogP contribution in [0.15, 0.2) is 10.6 Å². The van der Waals surface area contributed by atoms with Gasteiger partial charge in [-0.1, -0.05) is 6.42 Å². The fourth-order valence-electron chi connectivity index (χ4n) is 3.60. The quantitative estimate of drug-likeness (QED) is 0.865. The zero-order chi connectivity index (χ0) is 16.7. The van der Waals surface area contributed by atoms with Crippen LogP contribution in [0.1, 0.15) is 78.3 Å². The Morgan fingerprint density at radius 2 is 1.96 bits per heavy atom. The molecule has 3 heterocycles. The molecule has 0 radical (unpaired) electrons. The molecule has 4 rings (SSSR count). The molecule has 1 saturated carbocycles. The lowest BCUT2D eigenvalue weighted by atomic mass is 9.85. The summed E-state index contributed by atoms with van der Waals surface area (Å²) in [5, 5.41) is 12.8. The normalized spacial score (nSPS) is 21.8. The topological polar surface area (TPSA) is 77.1 Å². The second-order valence-electron chi connectivity index (χ2n) is 6.92. The van der Waals surface area contributed by atoms with Crippen molar-refractivity contribution in [1.82, 2.24) is 24.9 Å². The van der Waals surface area contributed by atoms with Gasteiger partial charge in [0.25, 0.3) is 5.91 Å². The number of hydrogen-bond acceptors (Lipinski definition) is 5. The molecule has 0 bridgehead atoms. The molecule has 128 valence electrons. The zero-order valence-corrected chi connectivity index (χ0v) is 14.2. The van der Waals surface area contributed by atoms with Gasteiger partial charge in [-0.15, -0.1) is 10.2 Å². The largest absolute Gasteiger partial charge is 0.423 e. The summed E-state index contributed by atoms with van der Waals surface area (Å²) >= 11 is 0. The van der Waals surface area contributed by atoms with Crippen LogP contribution in [0.3, 0.4) is 0 Å². The van der Waals surface area contributed by atoms with Gasteiger partial charge in [0.15, 0.2) is 0 Å². The van der Waals surface area contributed by atoms with Gasteiger partial charge in [-0.3, -0.25) is 9.48 Å². The lowest BCUT2D eigenvalue weighted by Gasteiger charge is -2.33. The summed E-state index contributed by atoms with van der Waals surface area (Å²) < 4.78 is 7.63. The molecule has 7 heteroatoms. The van der Waals surface area contributed by atoms with Crippen LogP contribution >= 0.6 is 0 Å². The third kappa shape index (κ3) is 2.61. The predicted molar refractivity (Wildman–Crippen MR) is 86.5 cm³/mol. The van der Waals surface area contributed by atoms with Gasteiger partial charge in [0.1, 0.15) is 6.04 Å². The first kappa shape index (κ1) is 15.4. The Morgan fingerprint density at radius 3 is 2.62 bits per heavy atom. The first-order valence-corrected chi connectivity index (χ1v) is 8.78. The SMILES string of the molecule is Cc1nn(C)cc1C(=O)N1CCCC[C@@H]1c1nnc(C2CCC2)o1. The highest BCUT2D eigenvalue weighted by Gasteiger charge is 2.35. The average molecular weight is 329 g/mol. The molecule has 1 atom stereocenters. The Labute approximate surface area is 141 Å². The highest BCUT2D eigenvalue weighted by atomic mass is 16.4. The number of piperidine rings is 1. The number of hydrogen-bond donors (Lipinski definition) is 0. The first-order chi connectivity index (χ1) is 11.6. The van der Waals surface area contributed by atoms with Crippen molar-refractivity contribution in [3.05, 3.63) is 29.2 Å². The fraction of sp³-hybridized carbons (Fsp3) is 0.647. The van der Waals surface area contributed by atoms with Crippen LogP contribution in [0.25, 0.3) is 0 Å². The highest BCUT2D eigenvalue weighted by Crippen LogP contribution is 2.38. The molecule has 7 nitrogen and oxygen atoms in total. The molecule has 0 N–H and O–H groups in total. The van der Waals surface area contributed by atoms with E-state index in [1.165, 1.54) is 6.42 Å². The number of carbonyl (C=O) groups excluding carboxylic acids is 1. The van der Waals surface area contributed by atoms with E-state index in [-0.39, 0.29) is 11.9 Å². The van der Waals surface area contributed by atoms with Crippen LogP contribution in [0, 0.1) is 6.92 Å². The molecule has 2 aromatic rings. The summed E-state index contributed by atoms with van der Waals surface area (Å²) in [6, 6.07) is -0.118. The molecule has 1 aliphatic carbocycles. The summed E-state index contributed by atoms with van der Waals surface area (Å²) in [5.74, 6) is 1.76. The minimum atomic E-state index is -0.118. The standard InChI is InChI=1S/C17H23N5O2/c1-11-13(10-21(2)20-11)17(23)22-9-4-3-8-14(22)16-19-18-15(24-16)12-6-5-7-12/h10,12,14H,3-9H2,1-2H3/t14-/m1/s1. The summed E-state index contributed by atoms with van der Waals surface area (Å²) in [7, 11) is 1.83. The van der Waals surface area contributed by atoms with E-state index < -0.39 is 0 Å². The van der Waals surface area contributed by atoms with Crippen molar-refractivity contribution in [2.75, 3.05) is 6.54 Å². The molecule has 0 spiro atoms. The molecule has 24 heavy (non-hydrogen) atoms. The first-order valence-electron chi connectivity index (χ1n) is 8.78. The lowest BCUT2D eigenvalue weighted by Crippen LogP contribution is -2.38. The number of likely N-dealkylation sites (tertiary alicyclic amines) is 1. The van der Waals surface area contributed by atoms with Crippen LogP contribution in [0.5, 0.6) is 0 Å². The van der Waals surface area contributed by atoms with Crippen LogP contribution in [-0.4, -0.2) is 37.3 Å². The molecule has 1 aliphatic heterocycles. The summed E-state index contributed by atoms with van der Waals surface area (Å²) in [4.78, 5) is 14.9. The van der Waals surface area contributed by atoms with Crippen molar-refractivity contribution in [2.24, 2.45) is 7.05 Å². The van der Waals surface area contributed by atoms with Crippen molar-refractivity contribution >= 4 is 5.91 Å². The Bertz CT molecular complexity index is 746. The third-order valence-corrected chi connectivity index (χ3v) is 5.20. The van der Waals surface area contributed by atoms with Gasteiger partial charge < -0.3 is 9.32 Å². The number of amides is 1. The minimum absolute atomic E-state index is 0.00805. The minimum Gasteiger partial charge on any atom is -0.423 e. The van der Waals surface area contributed by atoms with E-state index in [2.05, 4.69) is 15.3 Å². The maximum Gasteiger partial charge on any atom is 0.258 e. The van der Waals surface area contributed by atoms with E-state index in [4.69, 9.17) is 4.42 Å². The predicted octanol–water partition coefficient (Wildman–Crippen LogP) is 2.75. The zero-order valence-electron chi connectivity index (χ0n) is 14.2. The third-order valence-electron chi connectivity index (χ3n) is 5.20. The summed E-state index contributed by atoms with van der Waals surface area (Å²) in [6.45, 7) is 2.59. The van der Waals surface area contributed by atoms with Crippen LogP contribution in [0.2, 0.25) is 0 Å². The Morgan fingerprint density at radius 1 is 1.17 bits per heavy atom. The molecule has 2 aromatic heterocycles. The van der Waals surface area contributed by atoms with Gasteiger partial charge in [0.05, 0.1) is 11.3 Å². The second-order valence-corrected chi connectivity index (χ2v) is 6.92. The number of rotatable bonds is 3. The van der Waals surface area contributed by atoms with E-state index >= 15 is 0 Å². The number of aromatic nitrogens is 4. The van der Waals surface area contributed by atoms with Crippen LogP contribution in [-0.2, 0) is 7.05 Å². The molecule has 2 aliphatic rings. The molecule has 1 amide bonds. The van der Waals surface area contributed by atoms with Crippen LogP contribution < -0.4 is 0 Å². The second kappa shape index (κ2) is 6.03. The van der Waals surface area contributed by atoms with Gasteiger partial charge in [-0.2, -0.15) is 5.10 Å². The van der Waals surface area contributed by atoms with Crippen molar-refractivity contribution in [2.45, 2.75) is 57.4 Å². The van der Waals surface area contributed by atoms with Crippen molar-refractivity contribution in [1.29, 1.82) is 0 Å². The Kier molecular flexibility index (Phi) is 3.86. The smallest absolute Gasteiger partial charge is 0.258 e. The van der Waals surface area contributed by atoms with E-state index in [0.717, 1.165) is 50.2 Å². The number of carbonyl (C=O) groups is 1. The molecular formula is C17H23N5O2. The molecule has 0 unspecified atom stereocenters. The van der Waals surface area contributed by atoms with Crippen LogP contribution in [0.4, 0.5) is 0 Å². The van der Waals surface area contributed by atoms with Crippen molar-refractivity contribution < 1.29 is 9.21 Å². The Hall–Kier alpha value is -2.18. The molecular weight excluding hydrogens is 306 g/mol. The Balaban J connectivity index is 1.59. The highest BCUT2D eigenvalue weighted by molar-refractivity contribution is 5.95. The number of aryl methyl sites for hydroxylation is 2. The van der Waals surface area contributed by atoms with E-state index in [1.807, 2.05) is 18.9 Å². The van der Waals surface area contributed by atoms with Gasteiger partial charge in [-0.05, 0) is 39.0 Å². The molecule has 0 aromatic carbocycles. The number of nitrogens with zero attached hydrogens (tertiary/aromatic N) is 5. The van der Waals surface area contributed by atoms with Crippen molar-refractivity contribution in [3.8, 4) is 0 Å². The van der Waals surface area contributed by atoms with Crippen molar-refractivity contribution in [3.63, 3.8) is 0 Å². The lowest BCUT2D eigenvalue weighted by molar-refractivity contribution is 0.0567. The molecule has 1 saturated heterocycles. The summed E-state index contributed by atoms with van der Waals surface area (Å²) in [6.07, 6.45) is 8.23. The van der Waals surface area contributed by atoms with E-state index in [1.54, 1.807) is 10.9 Å². The van der Waals surface area contributed by atoms with Gasteiger partial charge in [0, 0.05) is 25.7 Å². The summed E-state index contributed by atoms with van der Waals surface area (Å²) in [5.41, 5.74) is 1.41.